The molecule has 1 aliphatic rings. The number of alkyl carbamates (subject to hydrolysis) is 1. The number of rotatable bonds is 3. The zero-order valence-electron chi connectivity index (χ0n) is 10.3. The number of hydrogen-bond donors (Lipinski definition) is 2. The summed E-state index contributed by atoms with van der Waals surface area (Å²) in [6, 6.07) is 0. The van der Waals surface area contributed by atoms with Gasteiger partial charge in [-0.3, -0.25) is 0 Å². The fraction of sp³-hybridized carbons (Fsp3) is 0.909. The molecule has 0 spiro atoms. The molecular weight excluding hydrogens is 232 g/mol. The first-order valence-corrected chi connectivity index (χ1v) is 5.60. The lowest BCUT2D eigenvalue weighted by Crippen LogP contribution is -2.53. The fourth-order valence-corrected chi connectivity index (χ4v) is 1.80. The van der Waals surface area contributed by atoms with Crippen molar-refractivity contribution in [2.75, 3.05) is 6.54 Å². The normalized spacial score (nSPS) is 28.8. The van der Waals surface area contributed by atoms with E-state index < -0.39 is 23.7 Å². The predicted octanol–water partition coefficient (Wildman–Crippen LogP) is 1.92. The van der Waals surface area contributed by atoms with Crippen LogP contribution in [-0.4, -0.2) is 35.4 Å². The van der Waals surface area contributed by atoms with Gasteiger partial charge in [0, 0.05) is 6.54 Å². The van der Waals surface area contributed by atoms with Crippen LogP contribution in [0.4, 0.5) is 13.6 Å². The number of amides is 1. The van der Waals surface area contributed by atoms with Crippen LogP contribution in [0.25, 0.3) is 0 Å². The first-order chi connectivity index (χ1) is 7.62. The average molecular weight is 251 g/mol. The summed E-state index contributed by atoms with van der Waals surface area (Å²) in [5.74, 6) is -0.110. The molecule has 0 bridgehead atoms. The number of aliphatic hydroxyl groups is 1. The highest BCUT2D eigenvalue weighted by molar-refractivity contribution is 5.67. The first kappa shape index (κ1) is 14.2. The molecule has 0 unspecified atom stereocenters. The van der Waals surface area contributed by atoms with Crippen LogP contribution in [0, 0.1) is 5.92 Å². The van der Waals surface area contributed by atoms with Gasteiger partial charge in [0.1, 0.15) is 11.2 Å². The van der Waals surface area contributed by atoms with Crippen LogP contribution in [0.2, 0.25) is 0 Å². The molecule has 17 heavy (non-hydrogen) atoms. The minimum absolute atomic E-state index is 0.0143. The second-order valence-electron chi connectivity index (χ2n) is 5.56. The summed E-state index contributed by atoms with van der Waals surface area (Å²) in [5.41, 5.74) is -2.44. The van der Waals surface area contributed by atoms with Gasteiger partial charge in [0.05, 0.1) is 0 Å². The van der Waals surface area contributed by atoms with Gasteiger partial charge in [0.25, 0.3) is 6.43 Å². The van der Waals surface area contributed by atoms with Crippen LogP contribution in [-0.2, 0) is 4.74 Å². The van der Waals surface area contributed by atoms with Crippen molar-refractivity contribution < 1.29 is 23.4 Å². The molecule has 1 amide bonds. The molecule has 1 rings (SSSR count). The summed E-state index contributed by atoms with van der Waals surface area (Å²) in [6.07, 6.45) is -3.26. The van der Waals surface area contributed by atoms with Crippen molar-refractivity contribution in [1.29, 1.82) is 0 Å². The zero-order chi connectivity index (χ0) is 13.3. The minimum Gasteiger partial charge on any atom is -0.444 e. The van der Waals surface area contributed by atoms with E-state index in [1.54, 1.807) is 20.8 Å². The lowest BCUT2D eigenvalue weighted by molar-refractivity contribution is -0.167. The van der Waals surface area contributed by atoms with Crippen molar-refractivity contribution in [3.8, 4) is 0 Å². The number of carbonyl (C=O) groups is 1. The molecule has 0 aromatic heterocycles. The molecule has 1 aliphatic carbocycles. The Morgan fingerprint density at radius 1 is 1.53 bits per heavy atom. The molecule has 0 heterocycles. The Bertz CT molecular complexity index is 283. The van der Waals surface area contributed by atoms with E-state index in [0.717, 1.165) is 0 Å². The number of nitrogens with one attached hydrogen (secondary N) is 1. The Morgan fingerprint density at radius 3 is 2.47 bits per heavy atom. The van der Waals surface area contributed by atoms with E-state index in [2.05, 4.69) is 5.32 Å². The monoisotopic (exact) mass is 251 g/mol. The van der Waals surface area contributed by atoms with Gasteiger partial charge in [-0.2, -0.15) is 0 Å². The van der Waals surface area contributed by atoms with Crippen LogP contribution in [0.3, 0.4) is 0 Å². The van der Waals surface area contributed by atoms with Crippen molar-refractivity contribution in [3.05, 3.63) is 0 Å². The average Bonchev–Trinajstić information content (AvgIpc) is 2.07. The maximum Gasteiger partial charge on any atom is 0.407 e. The topological polar surface area (TPSA) is 58.6 Å². The van der Waals surface area contributed by atoms with Crippen LogP contribution >= 0.6 is 0 Å². The largest absolute Gasteiger partial charge is 0.444 e. The SMILES string of the molecule is CC(C)(C)OC(=O)NCC1CC(O)(C(F)F)C1. The highest BCUT2D eigenvalue weighted by Gasteiger charge is 2.49. The molecule has 0 atom stereocenters. The third-order valence-electron chi connectivity index (χ3n) is 2.62. The van der Waals surface area contributed by atoms with Crippen molar-refractivity contribution in [2.45, 2.75) is 51.2 Å². The molecule has 1 saturated carbocycles. The van der Waals surface area contributed by atoms with Crippen molar-refractivity contribution in [1.82, 2.24) is 5.32 Å². The number of alkyl halides is 2. The highest BCUT2D eigenvalue weighted by Crippen LogP contribution is 2.41. The maximum atomic E-state index is 12.3. The number of ether oxygens (including phenoxy) is 1. The predicted molar refractivity (Wildman–Crippen MR) is 57.9 cm³/mol. The minimum atomic E-state index is -2.72. The molecule has 6 heteroatoms. The highest BCUT2D eigenvalue weighted by atomic mass is 19.3. The van der Waals surface area contributed by atoms with Gasteiger partial charge in [0.2, 0.25) is 0 Å². The summed E-state index contributed by atoms with van der Waals surface area (Å²) < 4.78 is 29.6. The van der Waals surface area contributed by atoms with E-state index in [0.29, 0.717) is 0 Å². The summed E-state index contributed by atoms with van der Waals surface area (Å²) in [7, 11) is 0. The van der Waals surface area contributed by atoms with Gasteiger partial charge in [-0.15, -0.1) is 0 Å². The van der Waals surface area contributed by atoms with E-state index >= 15 is 0 Å². The smallest absolute Gasteiger partial charge is 0.407 e. The van der Waals surface area contributed by atoms with Crippen LogP contribution < -0.4 is 5.32 Å². The summed E-state index contributed by atoms with van der Waals surface area (Å²) in [4.78, 5) is 11.3. The molecule has 4 nitrogen and oxygen atoms in total. The molecule has 2 N–H and O–H groups in total. The second-order valence-corrected chi connectivity index (χ2v) is 5.56. The van der Waals surface area contributed by atoms with Crippen LogP contribution in [0.15, 0.2) is 0 Å². The van der Waals surface area contributed by atoms with Gasteiger partial charge in [0.15, 0.2) is 0 Å². The standard InChI is InChI=1S/C11H19F2NO3/c1-10(2,3)17-9(15)14-6-7-4-11(16,5-7)8(12)13/h7-8,16H,4-6H2,1-3H3,(H,14,15). The molecule has 0 radical (unpaired) electrons. The summed E-state index contributed by atoms with van der Waals surface area (Å²) in [6.45, 7) is 5.48. The first-order valence-electron chi connectivity index (χ1n) is 5.60. The molecule has 0 aromatic rings. The van der Waals surface area contributed by atoms with Gasteiger partial charge in [-0.25, -0.2) is 13.6 Å². The summed E-state index contributed by atoms with van der Waals surface area (Å²) in [5, 5.41) is 11.8. The molecule has 0 aromatic carbocycles. The lowest BCUT2D eigenvalue weighted by atomic mass is 9.71. The van der Waals surface area contributed by atoms with E-state index in [4.69, 9.17) is 4.74 Å². The van der Waals surface area contributed by atoms with Gasteiger partial charge >= 0.3 is 6.09 Å². The second kappa shape index (κ2) is 4.76. The third-order valence-corrected chi connectivity index (χ3v) is 2.62. The summed E-state index contributed by atoms with van der Waals surface area (Å²) >= 11 is 0. The van der Waals surface area contributed by atoms with Gasteiger partial charge < -0.3 is 15.2 Å². The Hall–Kier alpha value is -0.910. The number of carbonyl (C=O) groups excluding carboxylic acids is 1. The molecule has 0 aliphatic heterocycles. The third kappa shape index (κ3) is 4.11. The van der Waals surface area contributed by atoms with E-state index in [9.17, 15) is 18.7 Å². The zero-order valence-corrected chi connectivity index (χ0v) is 10.3. The quantitative estimate of drug-likeness (QED) is 0.805. The van der Waals surface area contributed by atoms with Crippen molar-refractivity contribution in [3.63, 3.8) is 0 Å². The van der Waals surface area contributed by atoms with Gasteiger partial charge in [-0.1, -0.05) is 0 Å². The van der Waals surface area contributed by atoms with Crippen LogP contribution in [0.1, 0.15) is 33.6 Å². The lowest BCUT2D eigenvalue weighted by Gasteiger charge is -2.42. The Labute approximate surface area is 99.3 Å². The van der Waals surface area contributed by atoms with Crippen molar-refractivity contribution >= 4 is 6.09 Å². The maximum absolute atomic E-state index is 12.3. The van der Waals surface area contributed by atoms with E-state index in [1.807, 2.05) is 0 Å². The fourth-order valence-electron chi connectivity index (χ4n) is 1.80. The molecule has 1 fully saturated rings. The van der Waals surface area contributed by atoms with Crippen LogP contribution in [0.5, 0.6) is 0 Å². The van der Waals surface area contributed by atoms with Crippen molar-refractivity contribution in [2.24, 2.45) is 5.92 Å². The Kier molecular flexibility index (Phi) is 3.96. The van der Waals surface area contributed by atoms with E-state index in [1.165, 1.54) is 0 Å². The molecular formula is C11H19F2NO3. The molecule has 0 saturated heterocycles. The Morgan fingerprint density at radius 2 is 2.06 bits per heavy atom. The van der Waals surface area contributed by atoms with Gasteiger partial charge in [-0.05, 0) is 39.5 Å². The molecule has 100 valence electrons. The Balaban J connectivity index is 2.20. The van der Waals surface area contributed by atoms with E-state index in [-0.39, 0.29) is 25.3 Å². The number of hydrogen-bond acceptors (Lipinski definition) is 3. The number of halogens is 2.